The lowest BCUT2D eigenvalue weighted by Gasteiger charge is -2.40. The van der Waals surface area contributed by atoms with Gasteiger partial charge in [0.25, 0.3) is 5.91 Å². The minimum absolute atomic E-state index is 0.0349. The van der Waals surface area contributed by atoms with Crippen molar-refractivity contribution in [2.45, 2.75) is 39.2 Å². The Balaban J connectivity index is 1.94. The number of Topliss-reactive ketones (excluding diaryl/α,β-unsaturated/α-hetero) is 1. The molecule has 0 N–H and O–H groups in total. The molecule has 122 valence electrons. The van der Waals surface area contributed by atoms with E-state index in [4.69, 9.17) is 0 Å². The van der Waals surface area contributed by atoms with Crippen LogP contribution in [0.25, 0.3) is 10.8 Å². The van der Waals surface area contributed by atoms with E-state index in [1.54, 1.807) is 6.07 Å². The Morgan fingerprint density at radius 3 is 2.46 bits per heavy atom. The van der Waals surface area contributed by atoms with Crippen molar-refractivity contribution in [3.8, 4) is 0 Å². The summed E-state index contributed by atoms with van der Waals surface area (Å²) in [5.41, 5.74) is 0.354. The van der Waals surface area contributed by atoms with Gasteiger partial charge in [-0.05, 0) is 35.2 Å². The Labute approximate surface area is 140 Å². The molecule has 0 radical (unpaired) electrons. The van der Waals surface area contributed by atoms with Crippen molar-refractivity contribution >= 4 is 28.4 Å². The van der Waals surface area contributed by atoms with Crippen LogP contribution in [0, 0.1) is 5.41 Å². The second-order valence-corrected chi connectivity index (χ2v) is 6.66. The first kappa shape index (κ1) is 15.1. The third-order valence-electron chi connectivity index (χ3n) is 5.81. The number of fused-ring (bicyclic) bond motifs is 5. The van der Waals surface area contributed by atoms with Crippen LogP contribution in [-0.4, -0.2) is 22.5 Å². The topological polar surface area (TPSA) is 54.5 Å². The normalized spacial score (nSPS) is 22.0. The third kappa shape index (κ3) is 1.66. The summed E-state index contributed by atoms with van der Waals surface area (Å²) in [4.78, 5) is 40.2. The van der Waals surface area contributed by atoms with Crippen molar-refractivity contribution in [3.05, 3.63) is 47.5 Å². The molecule has 1 saturated heterocycles. The fraction of sp³-hybridized carbons (Fsp3) is 0.350. The quantitative estimate of drug-likeness (QED) is 0.627. The maximum Gasteiger partial charge on any atom is 0.261 e. The molecule has 2 amide bonds. The summed E-state index contributed by atoms with van der Waals surface area (Å²) < 4.78 is 0. The zero-order chi connectivity index (χ0) is 17.1. The van der Waals surface area contributed by atoms with Crippen LogP contribution in [0.4, 0.5) is 0 Å². The summed E-state index contributed by atoms with van der Waals surface area (Å²) in [7, 11) is 0. The van der Waals surface area contributed by atoms with Gasteiger partial charge in [-0.2, -0.15) is 0 Å². The lowest BCUT2D eigenvalue weighted by molar-refractivity contribution is -0.155. The van der Waals surface area contributed by atoms with E-state index in [0.717, 1.165) is 16.3 Å². The van der Waals surface area contributed by atoms with Gasteiger partial charge in [-0.3, -0.25) is 19.3 Å². The molecule has 0 aliphatic carbocycles. The Hall–Kier alpha value is -2.49. The number of rotatable bonds is 2. The van der Waals surface area contributed by atoms with Gasteiger partial charge in [0.2, 0.25) is 5.91 Å². The summed E-state index contributed by atoms with van der Waals surface area (Å²) >= 11 is 0. The highest BCUT2D eigenvalue weighted by Crippen LogP contribution is 2.48. The molecular formula is C20H19NO3. The highest BCUT2D eigenvalue weighted by Gasteiger charge is 2.56. The largest absolute Gasteiger partial charge is 0.298 e. The number of benzene rings is 2. The zero-order valence-corrected chi connectivity index (χ0v) is 13.8. The number of hydrogen-bond donors (Lipinski definition) is 0. The van der Waals surface area contributed by atoms with Crippen molar-refractivity contribution < 1.29 is 14.4 Å². The van der Waals surface area contributed by atoms with Crippen LogP contribution in [0.3, 0.4) is 0 Å². The van der Waals surface area contributed by atoms with Gasteiger partial charge >= 0.3 is 0 Å². The zero-order valence-electron chi connectivity index (χ0n) is 13.8. The number of amides is 2. The minimum atomic E-state index is -1.04. The monoisotopic (exact) mass is 321 g/mol. The summed E-state index contributed by atoms with van der Waals surface area (Å²) in [6.45, 7) is 3.70. The van der Waals surface area contributed by atoms with E-state index in [1.807, 2.05) is 44.2 Å². The predicted molar refractivity (Wildman–Crippen MR) is 90.5 cm³/mol. The van der Waals surface area contributed by atoms with E-state index in [0.29, 0.717) is 18.4 Å². The molecule has 0 spiro atoms. The first-order valence-corrected chi connectivity index (χ1v) is 8.48. The van der Waals surface area contributed by atoms with Gasteiger partial charge < -0.3 is 0 Å². The molecule has 1 atom stereocenters. The summed E-state index contributed by atoms with van der Waals surface area (Å²) in [6.07, 6.45) is 1.10. The second kappa shape index (κ2) is 5.00. The van der Waals surface area contributed by atoms with Gasteiger partial charge in [-0.15, -0.1) is 0 Å². The highest BCUT2D eigenvalue weighted by molar-refractivity contribution is 6.20. The molecule has 1 fully saturated rings. The van der Waals surface area contributed by atoms with Crippen LogP contribution in [0.5, 0.6) is 0 Å². The average Bonchev–Trinajstić information content (AvgIpc) is 2.89. The summed E-state index contributed by atoms with van der Waals surface area (Å²) in [6, 6.07) is 11.0. The Morgan fingerprint density at radius 1 is 1.04 bits per heavy atom. The van der Waals surface area contributed by atoms with E-state index in [-0.39, 0.29) is 24.0 Å². The standard InChI is InChI=1S/C20H19NO3/c1-3-20(4-2)16(22)11-15-17-13-8-6-5-7-12(13)9-10-14(17)18(23)21(15)19(20)24/h5-10,15H,3-4,11H2,1-2H3. The number of hydrogen-bond acceptors (Lipinski definition) is 3. The second-order valence-electron chi connectivity index (χ2n) is 6.66. The van der Waals surface area contributed by atoms with Crippen molar-refractivity contribution in [1.29, 1.82) is 0 Å². The molecule has 0 bridgehead atoms. The molecule has 4 rings (SSSR count). The molecule has 0 saturated carbocycles. The molecule has 2 heterocycles. The molecule has 4 nitrogen and oxygen atoms in total. The fourth-order valence-electron chi connectivity index (χ4n) is 4.34. The molecule has 24 heavy (non-hydrogen) atoms. The van der Waals surface area contributed by atoms with Gasteiger partial charge in [-0.1, -0.05) is 44.2 Å². The van der Waals surface area contributed by atoms with Crippen LogP contribution in [0.2, 0.25) is 0 Å². The fourth-order valence-corrected chi connectivity index (χ4v) is 4.34. The van der Waals surface area contributed by atoms with Crippen molar-refractivity contribution in [2.24, 2.45) is 5.41 Å². The highest BCUT2D eigenvalue weighted by atomic mass is 16.2. The molecule has 0 aromatic heterocycles. The van der Waals surface area contributed by atoms with Crippen LogP contribution in [-0.2, 0) is 9.59 Å². The average molecular weight is 321 g/mol. The maximum atomic E-state index is 13.1. The van der Waals surface area contributed by atoms with Gasteiger partial charge in [-0.25, -0.2) is 0 Å². The van der Waals surface area contributed by atoms with Gasteiger partial charge in [0.05, 0.1) is 6.04 Å². The van der Waals surface area contributed by atoms with E-state index >= 15 is 0 Å². The minimum Gasteiger partial charge on any atom is -0.298 e. The van der Waals surface area contributed by atoms with Gasteiger partial charge in [0.15, 0.2) is 5.78 Å². The Morgan fingerprint density at radius 2 is 1.75 bits per heavy atom. The van der Waals surface area contributed by atoms with E-state index in [1.165, 1.54) is 4.90 Å². The number of piperidine rings is 1. The molecule has 2 aliphatic heterocycles. The number of imide groups is 1. The number of ketones is 1. The van der Waals surface area contributed by atoms with Crippen molar-refractivity contribution in [1.82, 2.24) is 4.90 Å². The van der Waals surface area contributed by atoms with Gasteiger partial charge in [0.1, 0.15) is 5.41 Å². The van der Waals surface area contributed by atoms with Crippen LogP contribution >= 0.6 is 0 Å². The lowest BCUT2D eigenvalue weighted by Crippen LogP contribution is -2.54. The molecule has 2 aromatic carbocycles. The Kier molecular flexibility index (Phi) is 3.14. The lowest BCUT2D eigenvalue weighted by atomic mass is 9.71. The van der Waals surface area contributed by atoms with Crippen molar-refractivity contribution in [2.75, 3.05) is 0 Å². The summed E-state index contributed by atoms with van der Waals surface area (Å²) in [5, 5.41) is 1.98. The van der Waals surface area contributed by atoms with Crippen LogP contribution in [0.15, 0.2) is 36.4 Å². The first-order valence-electron chi connectivity index (χ1n) is 8.48. The van der Waals surface area contributed by atoms with E-state index in [2.05, 4.69) is 0 Å². The maximum absolute atomic E-state index is 13.1. The molecule has 2 aliphatic rings. The van der Waals surface area contributed by atoms with Gasteiger partial charge in [0, 0.05) is 12.0 Å². The van der Waals surface area contributed by atoms with Crippen molar-refractivity contribution in [3.63, 3.8) is 0 Å². The number of carbonyl (C=O) groups is 3. The smallest absolute Gasteiger partial charge is 0.261 e. The molecule has 4 heteroatoms. The first-order chi connectivity index (χ1) is 11.5. The molecular weight excluding hydrogens is 302 g/mol. The summed E-state index contributed by atoms with van der Waals surface area (Å²) in [5.74, 6) is -0.615. The molecule has 2 aromatic rings. The van der Waals surface area contributed by atoms with Crippen LogP contribution < -0.4 is 0 Å². The Bertz CT molecular complexity index is 895. The number of nitrogens with zero attached hydrogens (tertiary/aromatic N) is 1. The molecule has 1 unspecified atom stereocenters. The number of carbonyl (C=O) groups excluding carboxylic acids is 3. The van der Waals surface area contributed by atoms with E-state index in [9.17, 15) is 14.4 Å². The predicted octanol–water partition coefficient (Wildman–Crippen LogP) is 3.64. The SMILES string of the molecule is CCC1(CC)C(=O)CC2c3c(ccc4ccccc34)C(=O)N2C1=O. The third-order valence-corrected chi connectivity index (χ3v) is 5.81. The van der Waals surface area contributed by atoms with E-state index < -0.39 is 11.5 Å². The van der Waals surface area contributed by atoms with Crippen LogP contribution in [0.1, 0.15) is 55.1 Å².